The van der Waals surface area contributed by atoms with Gasteiger partial charge in [0, 0.05) is 35.1 Å². The summed E-state index contributed by atoms with van der Waals surface area (Å²) in [7, 11) is 0. The fourth-order valence-electron chi connectivity index (χ4n) is 4.65. The lowest BCUT2D eigenvalue weighted by Crippen LogP contribution is -2.48. The maximum atomic E-state index is 13.5. The molecule has 0 spiro atoms. The number of benzene rings is 3. The highest BCUT2D eigenvalue weighted by Crippen LogP contribution is 2.40. The molecule has 1 aliphatic carbocycles. The van der Waals surface area contributed by atoms with E-state index in [1.54, 1.807) is 19.1 Å². The smallest absolute Gasteiger partial charge is 0.252 e. The predicted molar refractivity (Wildman–Crippen MR) is 149 cm³/mol. The maximum Gasteiger partial charge on any atom is 0.252 e. The van der Waals surface area contributed by atoms with Crippen molar-refractivity contribution < 1.29 is 18.5 Å². The van der Waals surface area contributed by atoms with Crippen molar-refractivity contribution in [1.82, 2.24) is 25.3 Å². The van der Waals surface area contributed by atoms with Crippen LogP contribution in [0.15, 0.2) is 71.3 Å². The van der Waals surface area contributed by atoms with Gasteiger partial charge >= 0.3 is 0 Å². The molecule has 1 aliphatic rings. The zero-order valence-corrected chi connectivity index (χ0v) is 22.7. The van der Waals surface area contributed by atoms with Gasteiger partial charge in [0.25, 0.3) is 5.91 Å². The zero-order valence-electron chi connectivity index (χ0n) is 21.2. The number of aryl methyl sites for hydroxylation is 1. The molecule has 0 atom stereocenters. The van der Waals surface area contributed by atoms with Crippen LogP contribution in [0.3, 0.4) is 0 Å². The molecule has 40 heavy (non-hydrogen) atoms. The molecular formula is C29H22Cl2FN5O3. The molecule has 1 saturated carbocycles. The Morgan fingerprint density at radius 1 is 1.07 bits per heavy atom. The van der Waals surface area contributed by atoms with Gasteiger partial charge in [-0.1, -0.05) is 46.6 Å². The molecule has 2 amide bonds. The Hall–Kier alpha value is -4.21. The van der Waals surface area contributed by atoms with Crippen molar-refractivity contribution in [1.29, 1.82) is 0 Å². The van der Waals surface area contributed by atoms with Gasteiger partial charge in [-0.25, -0.2) is 4.39 Å². The van der Waals surface area contributed by atoms with Crippen molar-refractivity contribution in [2.24, 2.45) is 0 Å². The lowest BCUT2D eigenvalue weighted by Gasteiger charge is -2.17. The number of fused-ring (bicyclic) bond motifs is 1. The van der Waals surface area contributed by atoms with Crippen LogP contribution in [0.5, 0.6) is 0 Å². The summed E-state index contributed by atoms with van der Waals surface area (Å²) in [5.74, 6) is -0.517. The highest BCUT2D eigenvalue weighted by molar-refractivity contribution is 6.39. The Morgan fingerprint density at radius 2 is 1.85 bits per heavy atom. The number of hydrogen-bond acceptors (Lipinski definition) is 5. The van der Waals surface area contributed by atoms with Gasteiger partial charge in [0.15, 0.2) is 0 Å². The van der Waals surface area contributed by atoms with E-state index < -0.39 is 17.3 Å². The number of carbonyl (C=O) groups excluding carboxylic acids is 2. The molecule has 0 saturated heterocycles. The van der Waals surface area contributed by atoms with E-state index in [-0.39, 0.29) is 18.0 Å². The minimum Gasteiger partial charge on any atom is -0.350 e. The minimum atomic E-state index is -0.983. The van der Waals surface area contributed by atoms with E-state index in [1.807, 2.05) is 34.9 Å². The van der Waals surface area contributed by atoms with E-state index >= 15 is 0 Å². The predicted octanol–water partition coefficient (Wildman–Crippen LogP) is 6.01. The third kappa shape index (κ3) is 4.82. The van der Waals surface area contributed by atoms with Gasteiger partial charge in [0.1, 0.15) is 17.1 Å². The summed E-state index contributed by atoms with van der Waals surface area (Å²) in [4.78, 5) is 29.9. The molecule has 0 unspecified atom stereocenters. The molecule has 202 valence electrons. The van der Waals surface area contributed by atoms with Gasteiger partial charge in [-0.2, -0.15) is 4.98 Å². The van der Waals surface area contributed by atoms with Crippen LogP contribution >= 0.6 is 23.2 Å². The van der Waals surface area contributed by atoms with Gasteiger partial charge in [0.2, 0.25) is 17.6 Å². The van der Waals surface area contributed by atoms with Crippen LogP contribution in [0.4, 0.5) is 4.39 Å². The second-order valence-corrected chi connectivity index (χ2v) is 10.5. The second kappa shape index (κ2) is 10.1. The molecule has 0 bridgehead atoms. The Kier molecular flexibility index (Phi) is 6.56. The van der Waals surface area contributed by atoms with Gasteiger partial charge < -0.3 is 19.7 Å². The quantitative estimate of drug-likeness (QED) is 0.246. The monoisotopic (exact) mass is 577 g/mol. The number of hydrogen-bond donors (Lipinski definition) is 2. The van der Waals surface area contributed by atoms with Crippen LogP contribution in [0.25, 0.3) is 28.1 Å². The topological polar surface area (TPSA) is 102 Å². The van der Waals surface area contributed by atoms with E-state index in [0.717, 1.165) is 28.2 Å². The second-order valence-electron chi connectivity index (χ2n) is 9.69. The van der Waals surface area contributed by atoms with E-state index in [1.165, 1.54) is 18.2 Å². The number of rotatable bonds is 7. The first-order valence-electron chi connectivity index (χ1n) is 12.5. The van der Waals surface area contributed by atoms with Crippen LogP contribution in [0.2, 0.25) is 10.0 Å². The number of amides is 2. The van der Waals surface area contributed by atoms with Crippen LogP contribution in [-0.4, -0.2) is 32.1 Å². The first-order chi connectivity index (χ1) is 19.2. The Bertz CT molecular complexity index is 1780. The highest BCUT2D eigenvalue weighted by atomic mass is 35.5. The molecule has 0 aliphatic heterocycles. The van der Waals surface area contributed by atoms with E-state index in [0.29, 0.717) is 40.3 Å². The summed E-state index contributed by atoms with van der Waals surface area (Å²) in [6.07, 6.45) is 1.03. The summed E-state index contributed by atoms with van der Waals surface area (Å²) < 4.78 is 20.6. The molecule has 2 heterocycles. The fourth-order valence-corrected chi connectivity index (χ4v) is 5.15. The molecule has 1 fully saturated rings. The maximum absolute atomic E-state index is 13.5. The van der Waals surface area contributed by atoms with E-state index in [9.17, 15) is 14.0 Å². The molecule has 5 aromatic rings. The van der Waals surface area contributed by atoms with Crippen LogP contribution in [0.1, 0.15) is 34.7 Å². The minimum absolute atomic E-state index is 0.171. The summed E-state index contributed by atoms with van der Waals surface area (Å²) in [5.41, 5.74) is 2.23. The fraction of sp³-hybridized carbons (Fsp3) is 0.172. The molecule has 8 nitrogen and oxygen atoms in total. The summed E-state index contributed by atoms with van der Waals surface area (Å²) >= 11 is 13.0. The normalized spacial score (nSPS) is 13.8. The third-order valence-corrected chi connectivity index (χ3v) is 7.50. The molecular weight excluding hydrogens is 556 g/mol. The summed E-state index contributed by atoms with van der Waals surface area (Å²) in [6, 6.07) is 18.4. The first-order valence-corrected chi connectivity index (χ1v) is 13.3. The van der Waals surface area contributed by atoms with Crippen molar-refractivity contribution in [3.8, 4) is 17.2 Å². The Balaban J connectivity index is 1.21. The molecule has 3 aromatic carbocycles. The van der Waals surface area contributed by atoms with Crippen molar-refractivity contribution >= 4 is 45.9 Å². The number of nitrogens with zero attached hydrogens (tertiary/aromatic N) is 3. The molecule has 0 radical (unpaired) electrons. The standard InChI is InChI=1S/C29H22Cl2FN5O3/c1-16-34-26(36-40-16)25-24(31)22-14-19(30)7-10-23(22)37(25)21-8-5-17(6-9-21)15-33-28(39)29(11-12-29)35-27(38)18-3-2-4-20(32)13-18/h2-10,13-14H,11-12,15H2,1H3,(H,33,39)(H,35,38). The number of carbonyl (C=O) groups is 2. The number of nitrogens with one attached hydrogen (secondary N) is 2. The van der Waals surface area contributed by atoms with E-state index in [2.05, 4.69) is 20.8 Å². The average molecular weight is 578 g/mol. The van der Waals surface area contributed by atoms with Crippen LogP contribution in [-0.2, 0) is 11.3 Å². The third-order valence-electron chi connectivity index (χ3n) is 6.88. The van der Waals surface area contributed by atoms with Gasteiger partial charge in [-0.3, -0.25) is 9.59 Å². The lowest BCUT2D eigenvalue weighted by molar-refractivity contribution is -0.124. The lowest BCUT2D eigenvalue weighted by atomic mass is 10.1. The molecule has 2 N–H and O–H groups in total. The largest absolute Gasteiger partial charge is 0.350 e. The molecule has 6 rings (SSSR count). The van der Waals surface area contributed by atoms with Crippen molar-refractivity contribution in [3.63, 3.8) is 0 Å². The number of halogens is 3. The van der Waals surface area contributed by atoms with Crippen LogP contribution < -0.4 is 10.6 Å². The Labute approximate surface area is 238 Å². The van der Waals surface area contributed by atoms with Gasteiger partial charge in [-0.15, -0.1) is 0 Å². The van der Waals surface area contributed by atoms with Gasteiger partial charge in [0.05, 0.1) is 10.5 Å². The summed E-state index contributed by atoms with van der Waals surface area (Å²) in [5, 5.41) is 11.5. The summed E-state index contributed by atoms with van der Waals surface area (Å²) in [6.45, 7) is 1.96. The van der Waals surface area contributed by atoms with Crippen LogP contribution in [0, 0.1) is 12.7 Å². The highest BCUT2D eigenvalue weighted by Gasteiger charge is 2.51. The van der Waals surface area contributed by atoms with Crippen molar-refractivity contribution in [2.75, 3.05) is 0 Å². The van der Waals surface area contributed by atoms with Crippen molar-refractivity contribution in [3.05, 3.63) is 99.6 Å². The molecule has 11 heteroatoms. The van der Waals surface area contributed by atoms with Gasteiger partial charge in [-0.05, 0) is 66.9 Å². The van der Waals surface area contributed by atoms with Crippen molar-refractivity contribution in [2.45, 2.75) is 31.8 Å². The zero-order chi connectivity index (χ0) is 28.0. The molecule has 2 aromatic heterocycles. The SMILES string of the molecule is Cc1nc(-c2c(Cl)c3cc(Cl)ccc3n2-c2ccc(CNC(=O)C3(NC(=O)c4cccc(F)c4)CC3)cc2)no1. The number of aromatic nitrogens is 3. The average Bonchev–Trinajstić information content (AvgIpc) is 3.52. The van der Waals surface area contributed by atoms with E-state index in [4.69, 9.17) is 27.7 Å². The first kappa shape index (κ1) is 26.0. The Morgan fingerprint density at radius 3 is 2.52 bits per heavy atom.